The van der Waals surface area contributed by atoms with Crippen LogP contribution in [0.2, 0.25) is 10.0 Å². The Labute approximate surface area is 303 Å². The fourth-order valence-electron chi connectivity index (χ4n) is 7.03. The summed E-state index contributed by atoms with van der Waals surface area (Å²) in [5.41, 5.74) is 1.29. The number of nitrogens with zero attached hydrogens (tertiary/aromatic N) is 3. The maximum atomic E-state index is 15.4. The average Bonchev–Trinajstić information content (AvgIpc) is 3.11. The number of aromatic hydroxyl groups is 1. The van der Waals surface area contributed by atoms with Crippen LogP contribution in [0.1, 0.15) is 51.4 Å². The number of aromatic carboxylic acids is 1. The van der Waals surface area contributed by atoms with Crippen molar-refractivity contribution in [2.45, 2.75) is 37.8 Å². The molecule has 11 nitrogen and oxygen atoms in total. The molecule has 3 aliphatic heterocycles. The number of carboxylic acid groups (broad SMARTS) is 1. The standard InChI is InChI=1S/C37H36Cl2FN3O8/c1-49-32-9-7-23(15-33(32)50-2)25(16-27-28(38)18-42(48)19-29(27)39)26-14-21(6-8-24(26)36(45)46)17-43(35-30(40)4-3-5-31(35)44)37(47)51-34-20-41-12-10-22(34)11-13-41/h3-9,14-15,18-19,22,25,34,44H,10-13,16-17,20H2,1-2H3,(H,45,46)/t25-,34-/m0/s1. The van der Waals surface area contributed by atoms with Gasteiger partial charge in [-0.15, -0.1) is 0 Å². The molecule has 3 saturated heterocycles. The molecule has 2 bridgehead atoms. The summed E-state index contributed by atoms with van der Waals surface area (Å²) >= 11 is 13.0. The van der Waals surface area contributed by atoms with E-state index in [-0.39, 0.29) is 40.2 Å². The van der Waals surface area contributed by atoms with Crippen molar-refractivity contribution in [3.05, 3.63) is 116 Å². The Morgan fingerprint density at radius 3 is 2.35 bits per heavy atom. The Morgan fingerprint density at radius 2 is 1.75 bits per heavy atom. The number of benzene rings is 3. The van der Waals surface area contributed by atoms with E-state index in [4.69, 9.17) is 37.4 Å². The van der Waals surface area contributed by atoms with Crippen LogP contribution >= 0.6 is 23.2 Å². The van der Waals surface area contributed by atoms with Crippen molar-refractivity contribution in [1.82, 2.24) is 4.90 Å². The van der Waals surface area contributed by atoms with Crippen LogP contribution in [0.4, 0.5) is 14.9 Å². The van der Waals surface area contributed by atoms with Gasteiger partial charge in [0.2, 0.25) is 0 Å². The molecule has 268 valence electrons. The molecular formula is C37H36Cl2FN3O8. The van der Waals surface area contributed by atoms with Crippen molar-refractivity contribution in [3.8, 4) is 17.2 Å². The van der Waals surface area contributed by atoms with Crippen LogP contribution in [0.5, 0.6) is 17.2 Å². The highest BCUT2D eigenvalue weighted by Crippen LogP contribution is 2.40. The van der Waals surface area contributed by atoms with E-state index in [9.17, 15) is 25.0 Å². The Balaban J connectivity index is 1.45. The maximum Gasteiger partial charge on any atom is 0.415 e. The molecule has 0 unspecified atom stereocenters. The number of carbonyl (C=O) groups excluding carboxylic acids is 1. The zero-order valence-corrected chi connectivity index (χ0v) is 29.4. The number of piperidine rings is 3. The van der Waals surface area contributed by atoms with Gasteiger partial charge < -0.3 is 29.6 Å². The van der Waals surface area contributed by atoms with Gasteiger partial charge in [0.1, 0.15) is 27.6 Å². The first kappa shape index (κ1) is 36.0. The van der Waals surface area contributed by atoms with Crippen LogP contribution < -0.4 is 19.1 Å². The second kappa shape index (κ2) is 15.2. The number of phenols is 1. The first-order valence-corrected chi connectivity index (χ1v) is 17.1. The third kappa shape index (κ3) is 7.63. The second-order valence-corrected chi connectivity index (χ2v) is 13.5. The number of fused-ring (bicyclic) bond motifs is 3. The number of phenolic OH excluding ortho intramolecular Hbond substituents is 1. The number of rotatable bonds is 11. The molecule has 51 heavy (non-hydrogen) atoms. The SMILES string of the molecule is COc1ccc([C@H](Cc2c(Cl)c[n+]([O-])cc2Cl)c2cc(CN(C(=O)O[C@H]3CN4CCC3CC4)c3c(O)cccc3F)ccc2C(=O)O)cc1OC. The highest BCUT2D eigenvalue weighted by atomic mass is 35.5. The molecule has 14 heteroatoms. The van der Waals surface area contributed by atoms with E-state index in [0.717, 1.165) is 49.3 Å². The van der Waals surface area contributed by atoms with E-state index in [2.05, 4.69) is 4.90 Å². The number of carboxylic acids is 1. The fourth-order valence-corrected chi connectivity index (χ4v) is 7.62. The molecule has 0 saturated carbocycles. The van der Waals surface area contributed by atoms with Gasteiger partial charge in [0.15, 0.2) is 29.7 Å². The van der Waals surface area contributed by atoms with Crippen molar-refractivity contribution >= 4 is 41.0 Å². The lowest BCUT2D eigenvalue weighted by Gasteiger charge is -2.44. The smallest absolute Gasteiger partial charge is 0.415 e. The highest BCUT2D eigenvalue weighted by molar-refractivity contribution is 6.35. The van der Waals surface area contributed by atoms with Crippen molar-refractivity contribution in [2.24, 2.45) is 5.92 Å². The molecular weight excluding hydrogens is 704 g/mol. The lowest BCUT2D eigenvalue weighted by atomic mass is 9.82. The molecule has 3 fully saturated rings. The predicted molar refractivity (Wildman–Crippen MR) is 188 cm³/mol. The van der Waals surface area contributed by atoms with Crippen LogP contribution in [-0.2, 0) is 17.7 Å². The van der Waals surface area contributed by atoms with Gasteiger partial charge in [-0.05, 0) is 85.3 Å². The number of hydrogen-bond donors (Lipinski definition) is 2. The minimum Gasteiger partial charge on any atom is -0.619 e. The molecule has 4 aromatic rings. The Morgan fingerprint density at radius 1 is 1.04 bits per heavy atom. The third-order valence-corrected chi connectivity index (χ3v) is 10.3. The van der Waals surface area contributed by atoms with E-state index >= 15 is 4.39 Å². The van der Waals surface area contributed by atoms with Crippen molar-refractivity contribution in [3.63, 3.8) is 0 Å². The minimum absolute atomic E-state index is 0.0527. The van der Waals surface area contributed by atoms with Gasteiger partial charge in [0.25, 0.3) is 0 Å². The quantitative estimate of drug-likeness (QED) is 0.126. The van der Waals surface area contributed by atoms with Crippen LogP contribution in [0.3, 0.4) is 0 Å². The number of hydrogen-bond acceptors (Lipinski definition) is 8. The topological polar surface area (TPSA) is 136 Å². The van der Waals surface area contributed by atoms with Crippen LogP contribution in [0.25, 0.3) is 0 Å². The van der Waals surface area contributed by atoms with Crippen LogP contribution in [0.15, 0.2) is 67.0 Å². The van der Waals surface area contributed by atoms with Gasteiger partial charge in [-0.1, -0.05) is 47.5 Å². The molecule has 2 atom stereocenters. The van der Waals surface area contributed by atoms with Gasteiger partial charge in [-0.3, -0.25) is 9.80 Å². The number of anilines is 1. The number of pyridine rings is 1. The molecule has 3 aliphatic rings. The number of methoxy groups -OCH3 is 2. The molecule has 7 rings (SSSR count). The highest BCUT2D eigenvalue weighted by Gasteiger charge is 2.38. The summed E-state index contributed by atoms with van der Waals surface area (Å²) < 4.78 is 32.8. The maximum absolute atomic E-state index is 15.4. The lowest BCUT2D eigenvalue weighted by molar-refractivity contribution is -0.605. The number of amides is 1. The van der Waals surface area contributed by atoms with Gasteiger partial charge in [-0.25, -0.2) is 14.0 Å². The van der Waals surface area contributed by atoms with Gasteiger partial charge in [0, 0.05) is 18.0 Å². The first-order valence-electron chi connectivity index (χ1n) is 16.3. The minimum atomic E-state index is -1.23. The normalized spacial score (nSPS) is 18.6. The summed E-state index contributed by atoms with van der Waals surface area (Å²) in [6.45, 7) is 2.14. The summed E-state index contributed by atoms with van der Waals surface area (Å²) in [5, 5.41) is 33.4. The van der Waals surface area contributed by atoms with Gasteiger partial charge in [0.05, 0.1) is 26.3 Å². The molecule has 4 heterocycles. The van der Waals surface area contributed by atoms with E-state index in [1.165, 1.54) is 38.5 Å². The predicted octanol–water partition coefficient (Wildman–Crippen LogP) is 6.80. The number of halogens is 3. The summed E-state index contributed by atoms with van der Waals surface area (Å²) in [5.74, 6) is -2.28. The largest absolute Gasteiger partial charge is 0.619 e. The van der Waals surface area contributed by atoms with E-state index in [1.807, 2.05) is 0 Å². The number of ether oxygens (including phenoxy) is 3. The van der Waals surface area contributed by atoms with Crippen LogP contribution in [0, 0.1) is 16.9 Å². The molecule has 0 spiro atoms. The lowest BCUT2D eigenvalue weighted by Crippen LogP contribution is -2.53. The molecule has 0 aliphatic carbocycles. The van der Waals surface area contributed by atoms with Crippen molar-refractivity contribution in [2.75, 3.05) is 38.8 Å². The molecule has 1 amide bonds. The van der Waals surface area contributed by atoms with Gasteiger partial charge >= 0.3 is 12.1 Å². The Kier molecular flexibility index (Phi) is 10.8. The van der Waals surface area contributed by atoms with Gasteiger partial charge in [-0.2, -0.15) is 4.73 Å². The first-order chi connectivity index (χ1) is 24.5. The number of carbonyl (C=O) groups is 2. The molecule has 2 N–H and O–H groups in total. The summed E-state index contributed by atoms with van der Waals surface area (Å²) in [6.07, 6.45) is 2.88. The average molecular weight is 741 g/mol. The molecule has 3 aromatic carbocycles. The Bertz CT molecular complexity index is 1910. The number of para-hydroxylation sites is 1. The summed E-state index contributed by atoms with van der Waals surface area (Å²) in [6, 6.07) is 13.4. The molecule has 1 aromatic heterocycles. The number of aromatic nitrogens is 1. The zero-order chi connectivity index (χ0) is 36.4. The monoisotopic (exact) mass is 739 g/mol. The summed E-state index contributed by atoms with van der Waals surface area (Å²) in [7, 11) is 2.96. The Hall–Kier alpha value is -4.78. The van der Waals surface area contributed by atoms with E-state index in [0.29, 0.717) is 45.0 Å². The summed E-state index contributed by atoms with van der Waals surface area (Å²) in [4.78, 5) is 29.9. The van der Waals surface area contributed by atoms with E-state index < -0.39 is 35.7 Å². The third-order valence-electron chi connectivity index (χ3n) is 9.64. The van der Waals surface area contributed by atoms with Crippen LogP contribution in [-0.4, -0.2) is 67.1 Å². The zero-order valence-electron chi connectivity index (χ0n) is 27.9. The molecule has 0 radical (unpaired) electrons. The van der Waals surface area contributed by atoms with Crippen molar-refractivity contribution < 1.29 is 43.1 Å². The fraction of sp³-hybridized carbons (Fsp3) is 0.324. The second-order valence-electron chi connectivity index (χ2n) is 12.6. The van der Waals surface area contributed by atoms with E-state index in [1.54, 1.807) is 24.3 Å². The van der Waals surface area contributed by atoms with Crippen molar-refractivity contribution in [1.29, 1.82) is 0 Å².